The van der Waals surface area contributed by atoms with Crippen LogP contribution in [0.3, 0.4) is 0 Å². The first kappa shape index (κ1) is 17.0. The molecule has 1 fully saturated rings. The Morgan fingerprint density at radius 1 is 1.48 bits per heavy atom. The lowest BCUT2D eigenvalue weighted by Crippen LogP contribution is -2.34. The van der Waals surface area contributed by atoms with Crippen LogP contribution in [0.25, 0.3) is 0 Å². The van der Waals surface area contributed by atoms with E-state index in [1.165, 1.54) is 18.2 Å². The first-order chi connectivity index (χ1) is 12.1. The Bertz CT molecular complexity index is 785. The zero-order valence-electron chi connectivity index (χ0n) is 13.4. The van der Waals surface area contributed by atoms with Crippen molar-refractivity contribution in [1.29, 1.82) is 0 Å². The van der Waals surface area contributed by atoms with Gasteiger partial charge in [0.25, 0.3) is 5.91 Å². The van der Waals surface area contributed by atoms with Gasteiger partial charge in [-0.1, -0.05) is 11.6 Å². The van der Waals surface area contributed by atoms with Gasteiger partial charge in [-0.3, -0.25) is 14.7 Å². The van der Waals surface area contributed by atoms with Gasteiger partial charge in [0, 0.05) is 18.1 Å². The van der Waals surface area contributed by atoms with E-state index in [-0.39, 0.29) is 12.5 Å². The van der Waals surface area contributed by atoms with Crippen molar-refractivity contribution in [2.75, 3.05) is 25.1 Å². The zero-order valence-corrected chi connectivity index (χ0v) is 14.2. The summed E-state index contributed by atoms with van der Waals surface area (Å²) in [6.07, 6.45) is 2.13. The summed E-state index contributed by atoms with van der Waals surface area (Å²) in [4.78, 5) is 29.4. The van der Waals surface area contributed by atoms with E-state index in [4.69, 9.17) is 21.1 Å². The summed E-state index contributed by atoms with van der Waals surface area (Å²) in [7, 11) is 1.52. The van der Waals surface area contributed by atoms with Crippen molar-refractivity contribution in [3.8, 4) is 5.75 Å². The monoisotopic (exact) mass is 361 g/mol. The fourth-order valence-electron chi connectivity index (χ4n) is 2.47. The van der Waals surface area contributed by atoms with E-state index >= 15 is 0 Å². The van der Waals surface area contributed by atoms with Gasteiger partial charge < -0.3 is 14.8 Å². The van der Waals surface area contributed by atoms with Crippen molar-refractivity contribution in [1.82, 2.24) is 10.3 Å². The average molecular weight is 362 g/mol. The van der Waals surface area contributed by atoms with Crippen LogP contribution in [0.2, 0.25) is 5.02 Å². The Labute approximate surface area is 149 Å². The quantitative estimate of drug-likeness (QED) is 0.885. The summed E-state index contributed by atoms with van der Waals surface area (Å²) < 4.78 is 10.4. The predicted molar refractivity (Wildman–Crippen MR) is 92.2 cm³/mol. The van der Waals surface area contributed by atoms with Crippen LogP contribution < -0.4 is 15.0 Å². The molecule has 1 unspecified atom stereocenters. The number of halogens is 1. The van der Waals surface area contributed by atoms with Crippen molar-refractivity contribution in [3.63, 3.8) is 0 Å². The summed E-state index contributed by atoms with van der Waals surface area (Å²) in [5.74, 6) is 0.258. The van der Waals surface area contributed by atoms with Gasteiger partial charge in [0.05, 0.1) is 30.8 Å². The lowest BCUT2D eigenvalue weighted by molar-refractivity contribution is 0.0915. The first-order valence-corrected chi connectivity index (χ1v) is 7.96. The third kappa shape index (κ3) is 3.83. The van der Waals surface area contributed by atoms with Crippen molar-refractivity contribution in [2.45, 2.75) is 6.10 Å². The normalized spacial score (nSPS) is 16.5. The average Bonchev–Trinajstić information content (AvgIpc) is 3.01. The van der Waals surface area contributed by atoms with Crippen LogP contribution in [0.15, 0.2) is 42.7 Å². The second-order valence-electron chi connectivity index (χ2n) is 5.39. The number of methoxy groups -OCH3 is 1. The number of nitrogens with one attached hydrogen (secondary N) is 1. The maximum absolute atomic E-state index is 12.1. The maximum Gasteiger partial charge on any atom is 0.414 e. The van der Waals surface area contributed by atoms with Crippen molar-refractivity contribution < 1.29 is 19.1 Å². The van der Waals surface area contributed by atoms with Gasteiger partial charge in [0.2, 0.25) is 0 Å². The molecule has 3 rings (SSSR count). The number of hydrogen-bond donors (Lipinski definition) is 1. The van der Waals surface area contributed by atoms with Crippen LogP contribution in [0.4, 0.5) is 10.5 Å². The number of carbonyl (C=O) groups excluding carboxylic acids is 2. The number of aromatic nitrogens is 1. The van der Waals surface area contributed by atoms with Gasteiger partial charge in [0.15, 0.2) is 0 Å². The number of amides is 2. The van der Waals surface area contributed by atoms with Gasteiger partial charge in [-0.15, -0.1) is 0 Å². The molecule has 7 nitrogen and oxygen atoms in total. The Hall–Kier alpha value is -2.80. The van der Waals surface area contributed by atoms with Crippen LogP contribution in [-0.2, 0) is 4.74 Å². The van der Waals surface area contributed by atoms with Crippen molar-refractivity contribution in [2.24, 2.45) is 0 Å². The number of anilines is 1. The molecule has 1 aromatic carbocycles. The molecular formula is C17H16ClN3O4. The fraction of sp³-hybridized carbons (Fsp3) is 0.235. The molecule has 1 saturated heterocycles. The molecule has 130 valence electrons. The predicted octanol–water partition coefficient (Wildman–Crippen LogP) is 2.50. The van der Waals surface area contributed by atoms with Gasteiger partial charge in [0.1, 0.15) is 11.9 Å². The minimum Gasteiger partial charge on any atom is -0.495 e. The van der Waals surface area contributed by atoms with Crippen molar-refractivity contribution >= 4 is 29.3 Å². The summed E-state index contributed by atoms with van der Waals surface area (Å²) in [5, 5.41) is 3.14. The number of ether oxygens (including phenoxy) is 2. The molecule has 2 heterocycles. The van der Waals surface area contributed by atoms with Gasteiger partial charge >= 0.3 is 6.09 Å². The molecule has 8 heteroatoms. The number of carbonyl (C=O) groups is 2. The third-order valence-corrected chi connectivity index (χ3v) is 4.03. The van der Waals surface area contributed by atoms with E-state index in [1.54, 1.807) is 36.5 Å². The standard InChI is InChI=1S/C17H16ClN3O4/c1-24-15-5-4-12(7-14(15)18)21-10-13(25-17(21)23)9-20-16(22)11-3-2-6-19-8-11/h2-8,13H,9-10H2,1H3,(H,20,22). The first-order valence-electron chi connectivity index (χ1n) is 7.58. The topological polar surface area (TPSA) is 80.8 Å². The Morgan fingerprint density at radius 3 is 3.00 bits per heavy atom. The van der Waals surface area contributed by atoms with Gasteiger partial charge in [-0.25, -0.2) is 4.79 Å². The summed E-state index contributed by atoms with van der Waals surface area (Å²) in [5.41, 5.74) is 1.06. The molecular weight excluding hydrogens is 346 g/mol. The highest BCUT2D eigenvalue weighted by molar-refractivity contribution is 6.32. The number of pyridine rings is 1. The van der Waals surface area contributed by atoms with E-state index in [1.807, 2.05) is 0 Å². The highest BCUT2D eigenvalue weighted by Crippen LogP contribution is 2.31. The summed E-state index contributed by atoms with van der Waals surface area (Å²) in [6.45, 7) is 0.522. The third-order valence-electron chi connectivity index (χ3n) is 3.74. The molecule has 0 radical (unpaired) electrons. The minimum absolute atomic E-state index is 0.208. The van der Waals surface area contributed by atoms with Crippen LogP contribution in [0, 0.1) is 0 Å². The van der Waals surface area contributed by atoms with E-state index in [2.05, 4.69) is 10.3 Å². The number of hydrogen-bond acceptors (Lipinski definition) is 5. The molecule has 2 amide bonds. The summed E-state index contributed by atoms with van der Waals surface area (Å²) >= 11 is 6.10. The Balaban J connectivity index is 1.61. The summed E-state index contributed by atoms with van der Waals surface area (Å²) in [6, 6.07) is 8.39. The molecule has 25 heavy (non-hydrogen) atoms. The SMILES string of the molecule is COc1ccc(N2CC(CNC(=O)c3cccnc3)OC2=O)cc1Cl. The minimum atomic E-state index is -0.484. The van der Waals surface area contributed by atoms with Gasteiger partial charge in [-0.05, 0) is 30.3 Å². The maximum atomic E-state index is 12.1. The van der Waals surface area contributed by atoms with Crippen LogP contribution in [0.1, 0.15) is 10.4 Å². The smallest absolute Gasteiger partial charge is 0.414 e. The molecule has 0 bridgehead atoms. The molecule has 1 aromatic heterocycles. The van der Waals surface area contributed by atoms with Gasteiger partial charge in [-0.2, -0.15) is 0 Å². The van der Waals surface area contributed by atoms with E-state index < -0.39 is 12.2 Å². The Morgan fingerprint density at radius 2 is 2.32 bits per heavy atom. The second-order valence-corrected chi connectivity index (χ2v) is 5.79. The molecule has 1 atom stereocenters. The number of rotatable bonds is 5. The molecule has 0 aliphatic carbocycles. The zero-order chi connectivity index (χ0) is 17.8. The van der Waals surface area contributed by atoms with Crippen LogP contribution in [0.5, 0.6) is 5.75 Å². The van der Waals surface area contributed by atoms with Crippen LogP contribution >= 0.6 is 11.6 Å². The highest BCUT2D eigenvalue weighted by Gasteiger charge is 2.32. The van der Waals surface area contributed by atoms with E-state index in [9.17, 15) is 9.59 Å². The molecule has 2 aromatic rings. The number of nitrogens with zero attached hydrogens (tertiary/aromatic N) is 2. The van der Waals surface area contributed by atoms with Crippen molar-refractivity contribution in [3.05, 3.63) is 53.3 Å². The number of benzene rings is 1. The number of cyclic esters (lactones) is 1. The molecule has 1 N–H and O–H groups in total. The fourth-order valence-corrected chi connectivity index (χ4v) is 2.72. The molecule has 0 saturated carbocycles. The lowest BCUT2D eigenvalue weighted by atomic mass is 10.2. The largest absolute Gasteiger partial charge is 0.495 e. The van der Waals surface area contributed by atoms with E-state index in [0.29, 0.717) is 28.6 Å². The van der Waals surface area contributed by atoms with E-state index in [0.717, 1.165) is 0 Å². The second kappa shape index (κ2) is 7.40. The Kier molecular flexibility index (Phi) is 5.04. The van der Waals surface area contributed by atoms with Crippen LogP contribution in [-0.4, -0.2) is 43.3 Å². The highest BCUT2D eigenvalue weighted by atomic mass is 35.5. The molecule has 1 aliphatic heterocycles. The lowest BCUT2D eigenvalue weighted by Gasteiger charge is -2.14. The molecule has 1 aliphatic rings. The molecule has 0 spiro atoms.